The minimum absolute atomic E-state index is 0.0957. The van der Waals surface area contributed by atoms with Gasteiger partial charge in [-0.05, 0) is 41.7 Å². The first-order valence-corrected chi connectivity index (χ1v) is 11.3. The van der Waals surface area contributed by atoms with Crippen molar-refractivity contribution < 1.29 is 4.74 Å². The summed E-state index contributed by atoms with van der Waals surface area (Å²) in [5.74, 6) is 0.945. The van der Waals surface area contributed by atoms with Gasteiger partial charge in [-0.3, -0.25) is 9.80 Å². The van der Waals surface area contributed by atoms with E-state index >= 15 is 0 Å². The molecule has 3 aliphatic rings. The Morgan fingerprint density at radius 2 is 1.76 bits per heavy atom. The smallest absolute Gasteiger partial charge is 0.173 e. The van der Waals surface area contributed by atoms with E-state index in [1.807, 2.05) is 4.68 Å². The molecule has 3 heterocycles. The number of tetrazole rings is 1. The number of hydrogen-bond acceptors (Lipinski definition) is 6. The molecule has 7 heteroatoms. The van der Waals surface area contributed by atoms with Gasteiger partial charge in [0.1, 0.15) is 0 Å². The summed E-state index contributed by atoms with van der Waals surface area (Å²) in [6, 6.07) is 11.6. The molecule has 2 aromatic rings. The van der Waals surface area contributed by atoms with Crippen molar-refractivity contribution >= 4 is 0 Å². The van der Waals surface area contributed by atoms with Gasteiger partial charge < -0.3 is 4.74 Å². The van der Waals surface area contributed by atoms with E-state index in [0.29, 0.717) is 0 Å². The summed E-state index contributed by atoms with van der Waals surface area (Å²) in [5.41, 5.74) is 1.27. The van der Waals surface area contributed by atoms with Crippen molar-refractivity contribution in [1.82, 2.24) is 30.0 Å². The molecule has 3 fully saturated rings. The van der Waals surface area contributed by atoms with Crippen LogP contribution in [0, 0.1) is 0 Å². The van der Waals surface area contributed by atoms with Crippen LogP contribution >= 0.6 is 0 Å². The Bertz CT molecular complexity index is 761. The lowest BCUT2D eigenvalue weighted by molar-refractivity contribution is 0.0720. The Kier molecular flexibility index (Phi) is 5.88. The Balaban J connectivity index is 1.36. The molecule has 7 nitrogen and oxygen atoms in total. The number of ether oxygens (including phenoxy) is 1. The summed E-state index contributed by atoms with van der Waals surface area (Å²) >= 11 is 0. The highest BCUT2D eigenvalue weighted by Gasteiger charge is 2.33. The second kappa shape index (κ2) is 8.90. The fourth-order valence-corrected chi connectivity index (χ4v) is 5.31. The molecule has 0 amide bonds. The molecule has 0 unspecified atom stereocenters. The van der Waals surface area contributed by atoms with E-state index < -0.39 is 0 Å². The van der Waals surface area contributed by atoms with Crippen molar-refractivity contribution in [3.8, 4) is 0 Å². The van der Waals surface area contributed by atoms with Crippen molar-refractivity contribution in [2.24, 2.45) is 0 Å². The van der Waals surface area contributed by atoms with Crippen LogP contribution in [0.15, 0.2) is 30.3 Å². The van der Waals surface area contributed by atoms with Gasteiger partial charge in [0.05, 0.1) is 18.7 Å². The fourth-order valence-electron chi connectivity index (χ4n) is 5.31. The third-order valence-electron chi connectivity index (χ3n) is 6.88. The summed E-state index contributed by atoms with van der Waals surface area (Å²) in [6.45, 7) is 6.00. The van der Waals surface area contributed by atoms with Gasteiger partial charge in [0, 0.05) is 38.8 Å². The Morgan fingerprint density at radius 3 is 2.48 bits per heavy atom. The molecule has 2 aliphatic heterocycles. The number of nitrogens with zero attached hydrogens (tertiary/aromatic N) is 6. The third kappa shape index (κ3) is 4.22. The van der Waals surface area contributed by atoms with Crippen molar-refractivity contribution in [1.29, 1.82) is 0 Å². The van der Waals surface area contributed by atoms with Crippen molar-refractivity contribution in [2.75, 3.05) is 32.8 Å². The first-order chi connectivity index (χ1) is 14.4. The molecule has 5 rings (SSSR count). The van der Waals surface area contributed by atoms with Crippen LogP contribution in [0.25, 0.3) is 0 Å². The van der Waals surface area contributed by atoms with Gasteiger partial charge in [-0.2, -0.15) is 0 Å². The SMILES string of the molecule is c1ccc([C@H](c2nnnn2C[C@H]2CCCO2)N2CCN(C3CCCC3)CC2)cc1. The number of rotatable bonds is 6. The zero-order chi connectivity index (χ0) is 19.5. The lowest BCUT2D eigenvalue weighted by atomic mass is 10.0. The van der Waals surface area contributed by atoms with Crippen LogP contribution in [-0.4, -0.2) is 74.9 Å². The van der Waals surface area contributed by atoms with E-state index in [9.17, 15) is 0 Å². The monoisotopic (exact) mass is 396 g/mol. The predicted octanol–water partition coefficient (Wildman–Crippen LogP) is 2.50. The van der Waals surface area contributed by atoms with Gasteiger partial charge in [0.15, 0.2) is 5.82 Å². The molecule has 0 radical (unpaired) electrons. The fraction of sp³-hybridized carbons (Fsp3) is 0.682. The predicted molar refractivity (Wildman–Crippen MR) is 110 cm³/mol. The topological polar surface area (TPSA) is 59.3 Å². The lowest BCUT2D eigenvalue weighted by Crippen LogP contribution is -2.51. The zero-order valence-electron chi connectivity index (χ0n) is 17.2. The van der Waals surface area contributed by atoms with Crippen LogP contribution in [0.5, 0.6) is 0 Å². The van der Waals surface area contributed by atoms with Crippen LogP contribution in [0.4, 0.5) is 0 Å². The normalized spacial score (nSPS) is 25.6. The Labute approximate surface area is 173 Å². The van der Waals surface area contributed by atoms with E-state index in [4.69, 9.17) is 4.74 Å². The minimum Gasteiger partial charge on any atom is -0.376 e. The number of aromatic nitrogens is 4. The molecule has 156 valence electrons. The average molecular weight is 397 g/mol. The molecule has 0 bridgehead atoms. The van der Waals surface area contributed by atoms with Gasteiger partial charge in [-0.15, -0.1) is 5.10 Å². The maximum Gasteiger partial charge on any atom is 0.173 e. The van der Waals surface area contributed by atoms with E-state index in [2.05, 4.69) is 55.7 Å². The highest BCUT2D eigenvalue weighted by molar-refractivity contribution is 5.25. The molecule has 29 heavy (non-hydrogen) atoms. The molecular weight excluding hydrogens is 364 g/mol. The molecule has 0 N–H and O–H groups in total. The average Bonchev–Trinajstić information content (AvgIpc) is 3.54. The maximum atomic E-state index is 5.85. The van der Waals surface area contributed by atoms with Crippen molar-refractivity contribution in [2.45, 2.75) is 63.3 Å². The van der Waals surface area contributed by atoms with E-state index in [-0.39, 0.29) is 12.1 Å². The second-order valence-corrected chi connectivity index (χ2v) is 8.68. The third-order valence-corrected chi connectivity index (χ3v) is 6.88. The van der Waals surface area contributed by atoms with Crippen LogP contribution in [0.1, 0.15) is 56.0 Å². The largest absolute Gasteiger partial charge is 0.376 e. The van der Waals surface area contributed by atoms with E-state index in [0.717, 1.165) is 64.0 Å². The molecule has 2 atom stereocenters. The van der Waals surface area contributed by atoms with Gasteiger partial charge in [-0.25, -0.2) is 4.68 Å². The standard InChI is InChI=1S/C22H32N6O/c1-2-7-18(8-3-1)21(22-23-24-25-28(22)17-20-11-6-16-29-20)27-14-12-26(13-15-27)19-9-4-5-10-19/h1-3,7-8,19-21H,4-6,9-17H2/t20-,21-/m1/s1. The van der Waals surface area contributed by atoms with Crippen molar-refractivity contribution in [3.63, 3.8) is 0 Å². The summed E-state index contributed by atoms with van der Waals surface area (Å²) in [5, 5.41) is 12.9. The number of benzene rings is 1. The molecule has 1 aromatic carbocycles. The van der Waals surface area contributed by atoms with Crippen molar-refractivity contribution in [3.05, 3.63) is 41.7 Å². The Morgan fingerprint density at radius 1 is 0.966 bits per heavy atom. The molecular formula is C22H32N6O. The van der Waals surface area contributed by atoms with Crippen LogP contribution in [0.3, 0.4) is 0 Å². The highest BCUT2D eigenvalue weighted by Crippen LogP contribution is 2.30. The van der Waals surface area contributed by atoms with E-state index in [1.54, 1.807) is 0 Å². The molecule has 2 saturated heterocycles. The number of hydrogen-bond donors (Lipinski definition) is 0. The maximum absolute atomic E-state index is 5.85. The lowest BCUT2D eigenvalue weighted by Gasteiger charge is -2.41. The Hall–Kier alpha value is -1.83. The van der Waals surface area contributed by atoms with Crippen LogP contribution in [0.2, 0.25) is 0 Å². The van der Waals surface area contributed by atoms with Crippen LogP contribution in [-0.2, 0) is 11.3 Å². The quantitative estimate of drug-likeness (QED) is 0.748. The molecule has 0 spiro atoms. The van der Waals surface area contributed by atoms with Gasteiger partial charge in [0.25, 0.3) is 0 Å². The summed E-state index contributed by atoms with van der Waals surface area (Å²) < 4.78 is 7.83. The first-order valence-electron chi connectivity index (χ1n) is 11.3. The summed E-state index contributed by atoms with van der Waals surface area (Å²) in [7, 11) is 0. The zero-order valence-corrected chi connectivity index (χ0v) is 17.2. The van der Waals surface area contributed by atoms with Gasteiger partial charge >= 0.3 is 0 Å². The first kappa shape index (κ1) is 19.2. The summed E-state index contributed by atoms with van der Waals surface area (Å²) in [4.78, 5) is 5.28. The molecule has 1 aromatic heterocycles. The molecule has 1 saturated carbocycles. The summed E-state index contributed by atoms with van der Waals surface area (Å²) in [6.07, 6.45) is 8.00. The van der Waals surface area contributed by atoms with Gasteiger partial charge in [0.2, 0.25) is 0 Å². The minimum atomic E-state index is 0.0957. The number of piperazine rings is 1. The van der Waals surface area contributed by atoms with Gasteiger partial charge in [-0.1, -0.05) is 43.2 Å². The van der Waals surface area contributed by atoms with Crippen LogP contribution < -0.4 is 0 Å². The van der Waals surface area contributed by atoms with E-state index in [1.165, 1.54) is 31.2 Å². The second-order valence-electron chi connectivity index (χ2n) is 8.68. The molecule has 1 aliphatic carbocycles. The highest BCUT2D eigenvalue weighted by atomic mass is 16.5.